The zero-order valence-electron chi connectivity index (χ0n) is 10.7. The first-order chi connectivity index (χ1) is 9.20. The molecule has 0 saturated heterocycles. The Hall–Kier alpha value is -2.55. The van der Waals surface area contributed by atoms with Gasteiger partial charge in [0.15, 0.2) is 0 Å². The van der Waals surface area contributed by atoms with Crippen molar-refractivity contribution in [3.05, 3.63) is 60.2 Å². The van der Waals surface area contributed by atoms with E-state index in [0.29, 0.717) is 0 Å². The summed E-state index contributed by atoms with van der Waals surface area (Å²) in [5, 5.41) is 0. The average molecular weight is 253 g/mol. The minimum atomic E-state index is -0.456. The second-order valence-electron chi connectivity index (χ2n) is 4.06. The van der Waals surface area contributed by atoms with Gasteiger partial charge in [-0.2, -0.15) is 0 Å². The molecule has 0 unspecified atom stereocenters. The summed E-state index contributed by atoms with van der Waals surface area (Å²) < 4.78 is 5.35. The van der Waals surface area contributed by atoms with Crippen molar-refractivity contribution in [2.45, 2.75) is 0 Å². The average Bonchev–Trinajstić information content (AvgIpc) is 2.45. The Morgan fingerprint density at radius 2 is 1.95 bits per heavy atom. The first-order valence-corrected chi connectivity index (χ1v) is 5.91. The van der Waals surface area contributed by atoms with Gasteiger partial charge in [0.05, 0.1) is 7.11 Å². The predicted molar refractivity (Wildman–Crippen MR) is 76.7 cm³/mol. The van der Waals surface area contributed by atoms with Crippen LogP contribution in [0.2, 0.25) is 0 Å². The SMILES string of the molecule is COc1ccccc1-c1cccc(/C=C\C(N)=O)c1. The van der Waals surface area contributed by atoms with E-state index >= 15 is 0 Å². The van der Waals surface area contributed by atoms with Crippen LogP contribution in [-0.4, -0.2) is 13.0 Å². The lowest BCUT2D eigenvalue weighted by Gasteiger charge is -2.08. The van der Waals surface area contributed by atoms with Gasteiger partial charge in [0.1, 0.15) is 5.75 Å². The highest BCUT2D eigenvalue weighted by Gasteiger charge is 2.04. The molecule has 0 radical (unpaired) electrons. The molecule has 0 atom stereocenters. The van der Waals surface area contributed by atoms with Crippen molar-refractivity contribution >= 4 is 12.0 Å². The second-order valence-corrected chi connectivity index (χ2v) is 4.06. The Kier molecular flexibility index (Phi) is 3.98. The van der Waals surface area contributed by atoms with Crippen molar-refractivity contribution in [2.75, 3.05) is 7.11 Å². The smallest absolute Gasteiger partial charge is 0.241 e. The number of ether oxygens (including phenoxy) is 1. The van der Waals surface area contributed by atoms with E-state index in [2.05, 4.69) is 0 Å². The number of benzene rings is 2. The molecule has 1 amide bonds. The predicted octanol–water partition coefficient (Wildman–Crippen LogP) is 2.86. The maximum Gasteiger partial charge on any atom is 0.241 e. The van der Waals surface area contributed by atoms with Gasteiger partial charge in [0.25, 0.3) is 0 Å². The lowest BCUT2D eigenvalue weighted by Crippen LogP contribution is -2.05. The first-order valence-electron chi connectivity index (χ1n) is 5.91. The van der Waals surface area contributed by atoms with Crippen molar-refractivity contribution in [2.24, 2.45) is 5.73 Å². The molecule has 0 saturated carbocycles. The zero-order valence-corrected chi connectivity index (χ0v) is 10.7. The highest BCUT2D eigenvalue weighted by atomic mass is 16.5. The summed E-state index contributed by atoms with van der Waals surface area (Å²) in [7, 11) is 1.65. The number of hydrogen-bond donors (Lipinski definition) is 1. The Morgan fingerprint density at radius 1 is 1.16 bits per heavy atom. The fraction of sp³-hybridized carbons (Fsp3) is 0.0625. The third-order valence-electron chi connectivity index (χ3n) is 2.74. The number of methoxy groups -OCH3 is 1. The molecule has 0 aliphatic carbocycles. The number of hydrogen-bond acceptors (Lipinski definition) is 2. The molecule has 19 heavy (non-hydrogen) atoms. The number of primary amides is 1. The van der Waals surface area contributed by atoms with Crippen LogP contribution in [0.1, 0.15) is 5.56 Å². The van der Waals surface area contributed by atoms with Gasteiger partial charge in [-0.05, 0) is 29.3 Å². The molecule has 3 heteroatoms. The molecule has 0 spiro atoms. The largest absolute Gasteiger partial charge is 0.496 e. The number of nitrogens with two attached hydrogens (primary N) is 1. The number of carbonyl (C=O) groups excluding carboxylic acids is 1. The Morgan fingerprint density at radius 3 is 2.68 bits per heavy atom. The van der Waals surface area contributed by atoms with E-state index in [0.717, 1.165) is 22.4 Å². The van der Waals surface area contributed by atoms with Crippen LogP contribution in [0, 0.1) is 0 Å². The molecule has 2 rings (SSSR count). The Bertz CT molecular complexity index is 618. The van der Waals surface area contributed by atoms with Gasteiger partial charge < -0.3 is 10.5 Å². The molecule has 0 fully saturated rings. The molecule has 0 heterocycles. The van der Waals surface area contributed by atoms with E-state index in [-0.39, 0.29) is 0 Å². The molecular formula is C16H15NO2. The lowest BCUT2D eigenvalue weighted by molar-refractivity contribution is -0.113. The van der Waals surface area contributed by atoms with Crippen LogP contribution in [0.3, 0.4) is 0 Å². The normalized spacial score (nSPS) is 10.6. The molecule has 2 N–H and O–H groups in total. The Labute approximate surface area is 112 Å². The topological polar surface area (TPSA) is 52.3 Å². The van der Waals surface area contributed by atoms with Gasteiger partial charge in [0, 0.05) is 11.6 Å². The van der Waals surface area contributed by atoms with Crippen molar-refractivity contribution in [3.63, 3.8) is 0 Å². The van der Waals surface area contributed by atoms with E-state index in [4.69, 9.17) is 10.5 Å². The van der Waals surface area contributed by atoms with Crippen molar-refractivity contribution < 1.29 is 9.53 Å². The number of carbonyl (C=O) groups is 1. The van der Waals surface area contributed by atoms with Crippen LogP contribution < -0.4 is 10.5 Å². The maximum absolute atomic E-state index is 10.7. The molecule has 0 bridgehead atoms. The first kappa shape index (κ1) is 12.9. The molecular weight excluding hydrogens is 238 g/mol. The van der Waals surface area contributed by atoms with Gasteiger partial charge in [-0.25, -0.2) is 0 Å². The maximum atomic E-state index is 10.7. The third-order valence-corrected chi connectivity index (χ3v) is 2.74. The fourth-order valence-electron chi connectivity index (χ4n) is 1.87. The van der Waals surface area contributed by atoms with E-state index in [1.165, 1.54) is 6.08 Å². The Balaban J connectivity index is 2.40. The van der Waals surface area contributed by atoms with Gasteiger partial charge in [0.2, 0.25) is 5.91 Å². The summed E-state index contributed by atoms with van der Waals surface area (Å²) in [4.78, 5) is 10.7. The van der Waals surface area contributed by atoms with Crippen LogP contribution in [-0.2, 0) is 4.79 Å². The van der Waals surface area contributed by atoms with Gasteiger partial charge >= 0.3 is 0 Å². The van der Waals surface area contributed by atoms with E-state index in [9.17, 15) is 4.79 Å². The van der Waals surface area contributed by atoms with Crippen LogP contribution in [0.15, 0.2) is 54.6 Å². The number of rotatable bonds is 4. The minimum absolute atomic E-state index is 0.456. The quantitative estimate of drug-likeness (QED) is 0.852. The summed E-state index contributed by atoms with van der Waals surface area (Å²) in [6.45, 7) is 0. The monoisotopic (exact) mass is 253 g/mol. The highest BCUT2D eigenvalue weighted by molar-refractivity contribution is 5.90. The summed E-state index contributed by atoms with van der Waals surface area (Å²) in [5.74, 6) is 0.362. The van der Waals surface area contributed by atoms with Gasteiger partial charge in [-0.15, -0.1) is 0 Å². The molecule has 2 aromatic carbocycles. The number of amides is 1. The van der Waals surface area contributed by atoms with Crippen LogP contribution >= 0.6 is 0 Å². The van der Waals surface area contributed by atoms with Crippen LogP contribution in [0.5, 0.6) is 5.75 Å². The summed E-state index contributed by atoms with van der Waals surface area (Å²) >= 11 is 0. The van der Waals surface area contributed by atoms with E-state index < -0.39 is 5.91 Å². The second kappa shape index (κ2) is 5.87. The lowest BCUT2D eigenvalue weighted by atomic mass is 10.0. The molecule has 3 nitrogen and oxygen atoms in total. The summed E-state index contributed by atoms with van der Waals surface area (Å²) in [5.41, 5.74) is 8.05. The van der Waals surface area contributed by atoms with Crippen molar-refractivity contribution in [1.29, 1.82) is 0 Å². The highest BCUT2D eigenvalue weighted by Crippen LogP contribution is 2.30. The molecule has 96 valence electrons. The molecule has 0 aliphatic rings. The summed E-state index contributed by atoms with van der Waals surface area (Å²) in [6.07, 6.45) is 3.04. The minimum Gasteiger partial charge on any atom is -0.496 e. The summed E-state index contributed by atoms with van der Waals surface area (Å²) in [6, 6.07) is 15.6. The van der Waals surface area contributed by atoms with Crippen molar-refractivity contribution in [1.82, 2.24) is 0 Å². The standard InChI is InChI=1S/C16H15NO2/c1-19-15-8-3-2-7-14(15)13-6-4-5-12(11-13)9-10-16(17)18/h2-11H,1H3,(H2,17,18)/b10-9-. The fourth-order valence-corrected chi connectivity index (χ4v) is 1.87. The zero-order chi connectivity index (χ0) is 13.7. The van der Waals surface area contributed by atoms with E-state index in [1.807, 2.05) is 48.5 Å². The molecule has 0 aromatic heterocycles. The van der Waals surface area contributed by atoms with Gasteiger partial charge in [-0.3, -0.25) is 4.79 Å². The van der Waals surface area contributed by atoms with Crippen molar-refractivity contribution in [3.8, 4) is 16.9 Å². The van der Waals surface area contributed by atoms with Crippen LogP contribution in [0.4, 0.5) is 0 Å². The molecule has 0 aliphatic heterocycles. The van der Waals surface area contributed by atoms with Gasteiger partial charge in [-0.1, -0.05) is 36.4 Å². The third kappa shape index (κ3) is 3.22. The molecule has 2 aromatic rings. The van der Waals surface area contributed by atoms with Crippen LogP contribution in [0.25, 0.3) is 17.2 Å². The van der Waals surface area contributed by atoms with E-state index in [1.54, 1.807) is 13.2 Å². The number of para-hydroxylation sites is 1.